The highest BCUT2D eigenvalue weighted by atomic mass is 16.7. The summed E-state index contributed by atoms with van der Waals surface area (Å²) in [5.41, 5.74) is 0.555. The van der Waals surface area contributed by atoms with Crippen LogP contribution in [-0.4, -0.2) is 58.2 Å². The fraction of sp³-hybridized carbons (Fsp3) is 0.333. The van der Waals surface area contributed by atoms with Gasteiger partial charge in [-0.15, -0.1) is 5.10 Å². The Morgan fingerprint density at radius 2 is 2.00 bits per heavy atom. The van der Waals surface area contributed by atoms with Crippen LogP contribution < -0.4 is 25.4 Å². The van der Waals surface area contributed by atoms with Gasteiger partial charge in [0.2, 0.25) is 18.3 Å². The van der Waals surface area contributed by atoms with Crippen LogP contribution in [0.3, 0.4) is 0 Å². The van der Waals surface area contributed by atoms with E-state index in [1.54, 1.807) is 30.6 Å². The van der Waals surface area contributed by atoms with E-state index >= 15 is 0 Å². The average Bonchev–Trinajstić information content (AvgIpc) is 3.33. The summed E-state index contributed by atoms with van der Waals surface area (Å²) in [4.78, 5) is 31.5. The van der Waals surface area contributed by atoms with Gasteiger partial charge in [-0.05, 0) is 12.1 Å². The van der Waals surface area contributed by atoms with E-state index in [0.717, 1.165) is 4.68 Å². The zero-order chi connectivity index (χ0) is 19.8. The van der Waals surface area contributed by atoms with Crippen LogP contribution in [-0.2, 0) is 16.1 Å². The predicted molar refractivity (Wildman–Crippen MR) is 101 cm³/mol. The molecule has 2 aromatic heterocycles. The number of hydrogen-bond donors (Lipinski definition) is 1. The van der Waals surface area contributed by atoms with Gasteiger partial charge in [-0.1, -0.05) is 0 Å². The van der Waals surface area contributed by atoms with Gasteiger partial charge in [0, 0.05) is 37.2 Å². The molecule has 0 bridgehead atoms. The molecule has 1 aromatic carbocycles. The fourth-order valence-electron chi connectivity index (χ4n) is 3.35. The van der Waals surface area contributed by atoms with E-state index in [1.165, 1.54) is 4.40 Å². The van der Waals surface area contributed by atoms with Crippen molar-refractivity contribution in [2.24, 2.45) is 0 Å². The van der Waals surface area contributed by atoms with Gasteiger partial charge in [0.25, 0.3) is 0 Å². The Hall–Kier alpha value is -3.60. The molecule has 0 radical (unpaired) electrons. The second kappa shape index (κ2) is 7.09. The molecular weight excluding hydrogens is 380 g/mol. The molecular formula is C18H18N6O5. The number of carbonyl (C=O) groups is 1. The molecule has 11 heteroatoms. The smallest absolute Gasteiger partial charge is 0.350 e. The first-order chi connectivity index (χ1) is 14.2. The van der Waals surface area contributed by atoms with Gasteiger partial charge < -0.3 is 24.4 Å². The molecule has 29 heavy (non-hydrogen) atoms. The van der Waals surface area contributed by atoms with Crippen LogP contribution in [0.4, 0.5) is 11.5 Å². The SMILES string of the molecule is O=C(Cn1nc2c(N3CCOCC3)nccn2c1=O)Nc1ccc2c(c1)OCO2. The molecule has 1 fully saturated rings. The van der Waals surface area contributed by atoms with Crippen molar-refractivity contribution in [3.05, 3.63) is 41.1 Å². The second-order valence-corrected chi connectivity index (χ2v) is 6.60. The largest absolute Gasteiger partial charge is 0.454 e. The van der Waals surface area contributed by atoms with E-state index in [0.29, 0.717) is 55.0 Å². The van der Waals surface area contributed by atoms with Crippen molar-refractivity contribution in [2.45, 2.75) is 6.54 Å². The van der Waals surface area contributed by atoms with Gasteiger partial charge in [-0.3, -0.25) is 4.79 Å². The van der Waals surface area contributed by atoms with Crippen LogP contribution >= 0.6 is 0 Å². The van der Waals surface area contributed by atoms with E-state index in [1.807, 2.05) is 4.90 Å². The van der Waals surface area contributed by atoms with Crippen LogP contribution in [0.5, 0.6) is 11.5 Å². The number of nitrogens with one attached hydrogen (secondary N) is 1. The maximum atomic E-state index is 12.7. The summed E-state index contributed by atoms with van der Waals surface area (Å²) in [5.74, 6) is 1.41. The number of rotatable bonds is 4. The van der Waals surface area contributed by atoms with Crippen molar-refractivity contribution in [1.29, 1.82) is 0 Å². The summed E-state index contributed by atoms with van der Waals surface area (Å²) >= 11 is 0. The third kappa shape index (κ3) is 3.25. The lowest BCUT2D eigenvalue weighted by Gasteiger charge is -2.27. The summed E-state index contributed by atoms with van der Waals surface area (Å²) in [6.07, 6.45) is 3.10. The first kappa shape index (κ1) is 17.5. The van der Waals surface area contributed by atoms with Crippen molar-refractivity contribution in [2.75, 3.05) is 43.3 Å². The number of ether oxygens (including phenoxy) is 3. The minimum atomic E-state index is -0.405. The number of nitrogens with zero attached hydrogens (tertiary/aromatic N) is 5. The molecule has 0 atom stereocenters. The van der Waals surface area contributed by atoms with Crippen LogP contribution in [0.15, 0.2) is 35.4 Å². The Morgan fingerprint density at radius 3 is 2.86 bits per heavy atom. The monoisotopic (exact) mass is 398 g/mol. The number of benzene rings is 1. The first-order valence-corrected chi connectivity index (χ1v) is 9.15. The molecule has 2 aliphatic heterocycles. The Labute approximate surface area is 164 Å². The van der Waals surface area contributed by atoms with Crippen LogP contribution in [0.25, 0.3) is 5.65 Å². The highest BCUT2D eigenvalue weighted by Gasteiger charge is 2.20. The van der Waals surface area contributed by atoms with Crippen LogP contribution in [0, 0.1) is 0 Å². The van der Waals surface area contributed by atoms with Crippen molar-refractivity contribution < 1.29 is 19.0 Å². The molecule has 1 amide bonds. The molecule has 0 saturated carbocycles. The minimum Gasteiger partial charge on any atom is -0.454 e. The van der Waals surface area contributed by atoms with Gasteiger partial charge in [-0.25, -0.2) is 18.9 Å². The second-order valence-electron chi connectivity index (χ2n) is 6.60. The highest BCUT2D eigenvalue weighted by Crippen LogP contribution is 2.34. The van der Waals surface area contributed by atoms with Crippen molar-refractivity contribution in [3.63, 3.8) is 0 Å². The summed E-state index contributed by atoms with van der Waals surface area (Å²) in [6, 6.07) is 5.10. The number of aromatic nitrogens is 4. The molecule has 0 unspecified atom stereocenters. The summed E-state index contributed by atoms with van der Waals surface area (Å²) in [7, 11) is 0. The maximum Gasteiger partial charge on any atom is 0.350 e. The number of carbonyl (C=O) groups excluding carboxylic acids is 1. The molecule has 150 valence electrons. The zero-order valence-corrected chi connectivity index (χ0v) is 15.4. The number of hydrogen-bond acceptors (Lipinski definition) is 8. The molecule has 0 aliphatic carbocycles. The Morgan fingerprint density at radius 1 is 1.17 bits per heavy atom. The lowest BCUT2D eigenvalue weighted by atomic mass is 10.3. The normalized spacial score (nSPS) is 15.7. The number of morpholine rings is 1. The topological polar surface area (TPSA) is 112 Å². The van der Waals surface area contributed by atoms with Crippen molar-refractivity contribution in [3.8, 4) is 11.5 Å². The number of fused-ring (bicyclic) bond motifs is 2. The van der Waals surface area contributed by atoms with Gasteiger partial charge in [0.15, 0.2) is 17.3 Å². The third-order valence-corrected chi connectivity index (χ3v) is 4.74. The Kier molecular flexibility index (Phi) is 4.28. The average molecular weight is 398 g/mol. The van der Waals surface area contributed by atoms with E-state index in [2.05, 4.69) is 15.4 Å². The standard InChI is InChI=1S/C18H18N6O5/c25-15(20-12-1-2-13-14(9-12)29-11-28-13)10-24-18(26)23-4-3-19-16(17(23)21-24)22-5-7-27-8-6-22/h1-4,9H,5-8,10-11H2,(H,20,25). The van der Waals surface area contributed by atoms with E-state index in [4.69, 9.17) is 14.2 Å². The molecule has 11 nitrogen and oxygen atoms in total. The quantitative estimate of drug-likeness (QED) is 0.658. The molecule has 3 aromatic rings. The minimum absolute atomic E-state index is 0.156. The number of amides is 1. The van der Waals surface area contributed by atoms with E-state index < -0.39 is 5.69 Å². The van der Waals surface area contributed by atoms with Crippen LogP contribution in [0.2, 0.25) is 0 Å². The Bertz CT molecular complexity index is 1130. The molecule has 0 spiro atoms. The van der Waals surface area contributed by atoms with Gasteiger partial charge in [0.1, 0.15) is 6.54 Å². The van der Waals surface area contributed by atoms with Gasteiger partial charge >= 0.3 is 5.69 Å². The Balaban J connectivity index is 1.38. The highest BCUT2D eigenvalue weighted by molar-refractivity contribution is 5.91. The third-order valence-electron chi connectivity index (χ3n) is 4.74. The van der Waals surface area contributed by atoms with E-state index in [9.17, 15) is 9.59 Å². The molecule has 4 heterocycles. The maximum absolute atomic E-state index is 12.7. The van der Waals surface area contributed by atoms with Gasteiger partial charge in [-0.2, -0.15) is 0 Å². The van der Waals surface area contributed by atoms with Crippen LogP contribution in [0.1, 0.15) is 0 Å². The summed E-state index contributed by atoms with van der Waals surface area (Å²) < 4.78 is 18.4. The molecule has 1 N–H and O–H groups in total. The molecule has 1 saturated heterocycles. The summed E-state index contributed by atoms with van der Waals surface area (Å²) in [5, 5.41) is 7.09. The van der Waals surface area contributed by atoms with Crippen molar-refractivity contribution >= 4 is 23.1 Å². The zero-order valence-electron chi connectivity index (χ0n) is 15.4. The lowest BCUT2D eigenvalue weighted by molar-refractivity contribution is -0.117. The predicted octanol–water partition coefficient (Wildman–Crippen LogP) is 0.0950. The van der Waals surface area contributed by atoms with E-state index in [-0.39, 0.29) is 19.2 Å². The fourth-order valence-corrected chi connectivity index (χ4v) is 3.35. The van der Waals surface area contributed by atoms with Crippen molar-refractivity contribution in [1.82, 2.24) is 19.2 Å². The molecule has 2 aliphatic rings. The van der Waals surface area contributed by atoms with Gasteiger partial charge in [0.05, 0.1) is 13.2 Å². The number of anilines is 2. The molecule has 5 rings (SSSR count). The first-order valence-electron chi connectivity index (χ1n) is 9.15. The lowest BCUT2D eigenvalue weighted by Crippen LogP contribution is -2.37. The summed E-state index contributed by atoms with van der Waals surface area (Å²) in [6.45, 7) is 2.44.